The molecule has 0 aliphatic carbocycles. The Morgan fingerprint density at radius 2 is 1.44 bits per heavy atom. The molecule has 0 bridgehead atoms. The largest absolute Gasteiger partial charge is 0.497 e. The number of ether oxygens (including phenoxy) is 2. The number of rotatable bonds is 6. The minimum Gasteiger partial charge on any atom is -0.497 e. The van der Waals surface area contributed by atoms with Crippen LogP contribution in [0, 0.1) is 0 Å². The minimum absolute atomic E-state index is 0.0125. The molecule has 3 rings (SSSR count). The van der Waals surface area contributed by atoms with Crippen molar-refractivity contribution in [2.75, 3.05) is 20.2 Å². The molecule has 1 aliphatic rings. The summed E-state index contributed by atoms with van der Waals surface area (Å²) in [6.45, 7) is 1.67. The molecule has 134 valence electrons. The average molecular weight is 362 g/mol. The maximum Gasteiger partial charge on any atom is 0.240 e. The van der Waals surface area contributed by atoms with E-state index in [1.165, 1.54) is 0 Å². The molecule has 0 spiro atoms. The van der Waals surface area contributed by atoms with E-state index in [2.05, 4.69) is 10.0 Å². The van der Waals surface area contributed by atoms with E-state index < -0.39 is 10.0 Å². The van der Waals surface area contributed by atoms with Crippen LogP contribution in [0.5, 0.6) is 17.2 Å². The maximum absolute atomic E-state index is 12.5. The highest BCUT2D eigenvalue weighted by atomic mass is 32.2. The summed E-state index contributed by atoms with van der Waals surface area (Å²) in [5.74, 6) is 1.98. The van der Waals surface area contributed by atoms with Gasteiger partial charge in [0.2, 0.25) is 10.0 Å². The van der Waals surface area contributed by atoms with Gasteiger partial charge in [-0.25, -0.2) is 13.1 Å². The van der Waals surface area contributed by atoms with Gasteiger partial charge in [-0.05, 0) is 74.5 Å². The Morgan fingerprint density at radius 1 is 0.920 bits per heavy atom. The van der Waals surface area contributed by atoms with Crippen LogP contribution in [-0.4, -0.2) is 34.7 Å². The van der Waals surface area contributed by atoms with Crippen LogP contribution in [-0.2, 0) is 10.0 Å². The van der Waals surface area contributed by atoms with Gasteiger partial charge in [-0.15, -0.1) is 0 Å². The second-order valence-corrected chi connectivity index (χ2v) is 7.61. The van der Waals surface area contributed by atoms with Gasteiger partial charge in [-0.3, -0.25) is 0 Å². The van der Waals surface area contributed by atoms with Crippen LogP contribution in [0.4, 0.5) is 0 Å². The number of sulfonamides is 1. The molecule has 1 heterocycles. The summed E-state index contributed by atoms with van der Waals surface area (Å²) in [7, 11) is -1.90. The van der Waals surface area contributed by atoms with Crippen LogP contribution in [0.3, 0.4) is 0 Å². The first-order valence-electron chi connectivity index (χ1n) is 8.22. The zero-order valence-electron chi connectivity index (χ0n) is 14.1. The van der Waals surface area contributed by atoms with Gasteiger partial charge < -0.3 is 14.8 Å². The zero-order valence-corrected chi connectivity index (χ0v) is 14.9. The summed E-state index contributed by atoms with van der Waals surface area (Å²) in [6, 6.07) is 13.6. The highest BCUT2D eigenvalue weighted by Gasteiger charge is 2.21. The number of benzene rings is 2. The molecule has 2 N–H and O–H groups in total. The lowest BCUT2D eigenvalue weighted by molar-refractivity contribution is 0.413. The molecular formula is C18H22N2O4S. The van der Waals surface area contributed by atoms with Crippen LogP contribution in [0.15, 0.2) is 53.4 Å². The van der Waals surface area contributed by atoms with Crippen molar-refractivity contribution in [2.24, 2.45) is 0 Å². The minimum atomic E-state index is -3.51. The van der Waals surface area contributed by atoms with Crippen molar-refractivity contribution in [1.82, 2.24) is 10.0 Å². The molecule has 0 unspecified atom stereocenters. The quantitative estimate of drug-likeness (QED) is 0.826. The van der Waals surface area contributed by atoms with Gasteiger partial charge in [-0.2, -0.15) is 0 Å². The van der Waals surface area contributed by atoms with Crippen LogP contribution in [0.2, 0.25) is 0 Å². The Bertz CT molecular complexity index is 783. The topological polar surface area (TPSA) is 76.7 Å². The van der Waals surface area contributed by atoms with E-state index in [9.17, 15) is 8.42 Å². The number of hydrogen-bond acceptors (Lipinski definition) is 5. The van der Waals surface area contributed by atoms with E-state index in [-0.39, 0.29) is 10.9 Å². The Labute approximate surface area is 148 Å². The van der Waals surface area contributed by atoms with Crippen molar-refractivity contribution >= 4 is 10.0 Å². The van der Waals surface area contributed by atoms with Crippen molar-refractivity contribution in [3.05, 3.63) is 48.5 Å². The van der Waals surface area contributed by atoms with Crippen LogP contribution >= 0.6 is 0 Å². The monoisotopic (exact) mass is 362 g/mol. The number of methoxy groups -OCH3 is 1. The van der Waals surface area contributed by atoms with Gasteiger partial charge >= 0.3 is 0 Å². The lowest BCUT2D eigenvalue weighted by Crippen LogP contribution is -2.42. The lowest BCUT2D eigenvalue weighted by atomic mass is 10.1. The third kappa shape index (κ3) is 4.72. The fourth-order valence-corrected chi connectivity index (χ4v) is 4.00. The van der Waals surface area contributed by atoms with Crippen molar-refractivity contribution < 1.29 is 17.9 Å². The summed E-state index contributed by atoms with van der Waals surface area (Å²) in [5.41, 5.74) is 0. The summed E-state index contributed by atoms with van der Waals surface area (Å²) in [6.07, 6.45) is 1.61. The molecule has 2 aromatic rings. The molecule has 25 heavy (non-hydrogen) atoms. The molecule has 0 aromatic heterocycles. The van der Waals surface area contributed by atoms with Crippen molar-refractivity contribution in [1.29, 1.82) is 0 Å². The molecule has 0 atom stereocenters. The fraction of sp³-hybridized carbons (Fsp3) is 0.333. The van der Waals surface area contributed by atoms with Crippen molar-refractivity contribution in [3.63, 3.8) is 0 Å². The van der Waals surface area contributed by atoms with E-state index in [4.69, 9.17) is 9.47 Å². The normalized spacial score (nSPS) is 15.7. The van der Waals surface area contributed by atoms with Crippen LogP contribution in [0.25, 0.3) is 0 Å². The van der Waals surface area contributed by atoms with Gasteiger partial charge in [0.1, 0.15) is 17.2 Å². The van der Waals surface area contributed by atoms with Crippen molar-refractivity contribution in [2.45, 2.75) is 23.8 Å². The average Bonchev–Trinajstić information content (AvgIpc) is 2.63. The van der Waals surface area contributed by atoms with E-state index >= 15 is 0 Å². The third-order valence-corrected chi connectivity index (χ3v) is 5.63. The summed E-state index contributed by atoms with van der Waals surface area (Å²) in [5, 5.41) is 3.22. The Hall–Kier alpha value is -2.09. The molecule has 2 aromatic carbocycles. The van der Waals surface area contributed by atoms with Crippen LogP contribution in [0.1, 0.15) is 12.8 Å². The van der Waals surface area contributed by atoms with E-state index in [1.54, 1.807) is 55.6 Å². The lowest BCUT2D eigenvalue weighted by Gasteiger charge is -2.23. The molecule has 6 nitrogen and oxygen atoms in total. The molecule has 0 amide bonds. The standard InChI is InChI=1S/C18H22N2O4S/c1-23-15-2-4-16(5-3-15)24-17-6-8-18(9-7-17)25(21,22)20-14-10-12-19-13-11-14/h2-9,14,19-20H,10-13H2,1H3. The SMILES string of the molecule is COc1ccc(Oc2ccc(S(=O)(=O)NC3CCNCC3)cc2)cc1. The number of nitrogens with one attached hydrogen (secondary N) is 2. The molecule has 1 saturated heterocycles. The van der Waals surface area contributed by atoms with Gasteiger partial charge in [0.25, 0.3) is 0 Å². The molecular weight excluding hydrogens is 340 g/mol. The molecule has 0 saturated carbocycles. The third-order valence-electron chi connectivity index (χ3n) is 4.09. The summed E-state index contributed by atoms with van der Waals surface area (Å²) in [4.78, 5) is 0.244. The van der Waals surface area contributed by atoms with Crippen LogP contribution < -0.4 is 19.5 Å². The predicted molar refractivity (Wildman–Crippen MR) is 95.7 cm³/mol. The maximum atomic E-state index is 12.5. The van der Waals surface area contributed by atoms with Gasteiger partial charge in [0.05, 0.1) is 12.0 Å². The van der Waals surface area contributed by atoms with Crippen molar-refractivity contribution in [3.8, 4) is 17.2 Å². The Balaban J connectivity index is 1.66. The fourth-order valence-electron chi connectivity index (χ4n) is 2.69. The Morgan fingerprint density at radius 3 is 2.00 bits per heavy atom. The second kappa shape index (κ2) is 7.86. The first kappa shape index (κ1) is 17.7. The highest BCUT2D eigenvalue weighted by molar-refractivity contribution is 7.89. The van der Waals surface area contributed by atoms with E-state index in [1.807, 2.05) is 0 Å². The van der Waals surface area contributed by atoms with E-state index in [0.29, 0.717) is 11.5 Å². The second-order valence-electron chi connectivity index (χ2n) is 5.89. The first-order chi connectivity index (χ1) is 12.1. The Kier molecular flexibility index (Phi) is 5.57. The summed E-state index contributed by atoms with van der Waals surface area (Å²) >= 11 is 0. The number of piperidine rings is 1. The molecule has 7 heteroatoms. The van der Waals surface area contributed by atoms with Gasteiger partial charge in [-0.1, -0.05) is 0 Å². The van der Waals surface area contributed by atoms with Gasteiger partial charge in [0.15, 0.2) is 0 Å². The molecule has 1 aliphatic heterocycles. The van der Waals surface area contributed by atoms with Gasteiger partial charge in [0, 0.05) is 6.04 Å². The molecule has 1 fully saturated rings. The summed E-state index contributed by atoms with van der Waals surface area (Å²) < 4.78 is 38.5. The predicted octanol–water partition coefficient (Wildman–Crippen LogP) is 2.52. The number of hydrogen-bond donors (Lipinski definition) is 2. The first-order valence-corrected chi connectivity index (χ1v) is 9.70. The highest BCUT2D eigenvalue weighted by Crippen LogP contribution is 2.25. The van der Waals surface area contributed by atoms with E-state index in [0.717, 1.165) is 31.7 Å². The smallest absolute Gasteiger partial charge is 0.240 e. The zero-order chi connectivity index (χ0) is 17.7. The molecule has 0 radical (unpaired) electrons.